The van der Waals surface area contributed by atoms with Gasteiger partial charge in [-0.05, 0) is 92.0 Å². The molecule has 0 amide bonds. The highest BCUT2D eigenvalue weighted by molar-refractivity contribution is 6.35. The molecule has 3 aromatic rings. The van der Waals surface area contributed by atoms with Gasteiger partial charge in [0.1, 0.15) is 0 Å². The minimum Gasteiger partial charge on any atom is -0.340 e. The molecule has 4 heteroatoms. The van der Waals surface area contributed by atoms with Gasteiger partial charge in [0.05, 0.1) is 0 Å². The van der Waals surface area contributed by atoms with Crippen LogP contribution in [-0.4, -0.2) is 10.6 Å². The first-order chi connectivity index (χ1) is 15.1. The fourth-order valence-corrected chi connectivity index (χ4v) is 7.70. The molecule has 1 N–H and O–H groups in total. The second-order valence-corrected chi connectivity index (χ2v) is 11.1. The quantitative estimate of drug-likeness (QED) is 0.432. The largest absolute Gasteiger partial charge is 0.340 e. The van der Waals surface area contributed by atoms with Gasteiger partial charge in [-0.2, -0.15) is 0 Å². The molecule has 4 aliphatic rings. The van der Waals surface area contributed by atoms with Gasteiger partial charge in [0, 0.05) is 45.8 Å². The number of para-hydroxylation sites is 1. The predicted molar refractivity (Wildman–Crippen MR) is 130 cm³/mol. The standard InChI is InChI=1S/C27H30Cl2N2/c1-16-24(14-30-27-20-9-17-8-18(11-20)12-21(27)10-17)23-4-2-3-5-26(23)31(16)15-19-6-7-22(28)13-25(19)29/h2-7,13,17-18,20-21,27,30H,8-12,14-15H2,1H3. The van der Waals surface area contributed by atoms with Gasteiger partial charge in [-0.1, -0.05) is 47.5 Å². The SMILES string of the molecule is Cc1c(CNC2C3CC4CC(C3)CC2C4)c2ccccc2n1Cc1ccc(Cl)cc1Cl. The number of benzene rings is 2. The minimum atomic E-state index is 0.684. The first-order valence-electron chi connectivity index (χ1n) is 11.8. The van der Waals surface area contributed by atoms with Crippen LogP contribution in [0, 0.1) is 30.6 Å². The number of rotatable bonds is 5. The molecule has 4 fully saturated rings. The summed E-state index contributed by atoms with van der Waals surface area (Å²) in [5.74, 6) is 3.84. The second kappa shape index (κ2) is 7.83. The van der Waals surface area contributed by atoms with E-state index in [1.807, 2.05) is 18.2 Å². The summed E-state index contributed by atoms with van der Waals surface area (Å²) in [6.45, 7) is 3.98. The average Bonchev–Trinajstić information content (AvgIpc) is 3.00. The van der Waals surface area contributed by atoms with Crippen LogP contribution in [0.25, 0.3) is 10.9 Å². The van der Waals surface area contributed by atoms with E-state index in [1.54, 1.807) is 0 Å². The van der Waals surface area contributed by atoms with Crippen molar-refractivity contribution in [3.05, 3.63) is 69.3 Å². The van der Waals surface area contributed by atoms with Crippen LogP contribution < -0.4 is 5.32 Å². The molecule has 2 nitrogen and oxygen atoms in total. The molecule has 4 aliphatic carbocycles. The lowest BCUT2D eigenvalue weighted by Gasteiger charge is -2.54. The Kier molecular flexibility index (Phi) is 5.09. The Morgan fingerprint density at radius 1 is 0.935 bits per heavy atom. The zero-order valence-electron chi connectivity index (χ0n) is 18.1. The number of nitrogens with zero attached hydrogens (tertiary/aromatic N) is 1. The summed E-state index contributed by atoms with van der Waals surface area (Å²) < 4.78 is 2.42. The van der Waals surface area contributed by atoms with Crippen molar-refractivity contribution in [2.75, 3.05) is 0 Å². The topological polar surface area (TPSA) is 17.0 Å². The maximum atomic E-state index is 6.51. The van der Waals surface area contributed by atoms with Crippen LogP contribution in [0.15, 0.2) is 42.5 Å². The van der Waals surface area contributed by atoms with Gasteiger partial charge in [-0.15, -0.1) is 0 Å². The molecule has 0 spiro atoms. The van der Waals surface area contributed by atoms with Crippen LogP contribution >= 0.6 is 23.2 Å². The number of fused-ring (bicyclic) bond motifs is 1. The molecule has 0 atom stereocenters. The molecule has 1 heterocycles. The van der Waals surface area contributed by atoms with E-state index in [4.69, 9.17) is 23.2 Å². The van der Waals surface area contributed by atoms with E-state index in [-0.39, 0.29) is 0 Å². The summed E-state index contributed by atoms with van der Waals surface area (Å²) in [6.07, 6.45) is 7.35. The van der Waals surface area contributed by atoms with E-state index in [9.17, 15) is 0 Å². The Labute approximate surface area is 194 Å². The number of nitrogens with one attached hydrogen (secondary N) is 1. The third-order valence-electron chi connectivity index (χ3n) is 8.45. The minimum absolute atomic E-state index is 0.684. The van der Waals surface area contributed by atoms with Crippen molar-refractivity contribution >= 4 is 34.1 Å². The lowest BCUT2D eigenvalue weighted by molar-refractivity contribution is -0.0142. The predicted octanol–water partition coefficient (Wildman–Crippen LogP) is 7.22. The van der Waals surface area contributed by atoms with E-state index >= 15 is 0 Å². The number of aromatic nitrogens is 1. The average molecular weight is 453 g/mol. The lowest BCUT2D eigenvalue weighted by atomic mass is 9.54. The van der Waals surface area contributed by atoms with E-state index in [0.29, 0.717) is 11.1 Å². The second-order valence-electron chi connectivity index (χ2n) is 10.2. The number of halogens is 2. The van der Waals surface area contributed by atoms with Gasteiger partial charge in [-0.25, -0.2) is 0 Å². The van der Waals surface area contributed by atoms with Crippen LogP contribution in [0.2, 0.25) is 10.0 Å². The van der Waals surface area contributed by atoms with E-state index < -0.39 is 0 Å². The summed E-state index contributed by atoms with van der Waals surface area (Å²) in [7, 11) is 0. The van der Waals surface area contributed by atoms with E-state index in [2.05, 4.69) is 41.1 Å². The highest BCUT2D eigenvalue weighted by atomic mass is 35.5. The molecule has 1 aromatic heterocycles. The van der Waals surface area contributed by atoms with Crippen molar-refractivity contribution in [1.29, 1.82) is 0 Å². The van der Waals surface area contributed by atoms with Crippen molar-refractivity contribution < 1.29 is 0 Å². The molecule has 0 unspecified atom stereocenters. The first kappa shape index (κ1) is 20.1. The summed E-state index contributed by atoms with van der Waals surface area (Å²) >= 11 is 12.6. The molecule has 4 bridgehead atoms. The normalized spacial score (nSPS) is 29.2. The third kappa shape index (κ3) is 3.52. The fourth-order valence-electron chi connectivity index (χ4n) is 7.23. The lowest BCUT2D eigenvalue weighted by Crippen LogP contribution is -2.54. The molecule has 31 heavy (non-hydrogen) atoms. The van der Waals surface area contributed by atoms with Gasteiger partial charge in [0.15, 0.2) is 0 Å². The molecule has 7 rings (SSSR count). The monoisotopic (exact) mass is 452 g/mol. The highest BCUT2D eigenvalue weighted by Gasteiger charge is 2.47. The van der Waals surface area contributed by atoms with Gasteiger partial charge >= 0.3 is 0 Å². The smallest absolute Gasteiger partial charge is 0.0493 e. The van der Waals surface area contributed by atoms with Crippen LogP contribution in [-0.2, 0) is 13.1 Å². The molecule has 0 radical (unpaired) electrons. The van der Waals surface area contributed by atoms with Gasteiger partial charge in [0.2, 0.25) is 0 Å². The number of hydrogen-bond donors (Lipinski definition) is 1. The number of hydrogen-bond acceptors (Lipinski definition) is 1. The Balaban J connectivity index is 1.29. The Morgan fingerprint density at radius 2 is 1.65 bits per heavy atom. The van der Waals surface area contributed by atoms with Gasteiger partial charge < -0.3 is 9.88 Å². The first-order valence-corrected chi connectivity index (χ1v) is 12.6. The van der Waals surface area contributed by atoms with Crippen LogP contribution in [0.5, 0.6) is 0 Å². The molecule has 4 saturated carbocycles. The van der Waals surface area contributed by atoms with Crippen molar-refractivity contribution in [1.82, 2.24) is 9.88 Å². The third-order valence-corrected chi connectivity index (χ3v) is 9.03. The summed E-state index contributed by atoms with van der Waals surface area (Å²) in [4.78, 5) is 0. The van der Waals surface area contributed by atoms with Crippen LogP contribution in [0.4, 0.5) is 0 Å². The Morgan fingerprint density at radius 3 is 2.35 bits per heavy atom. The van der Waals surface area contributed by atoms with Gasteiger partial charge in [-0.3, -0.25) is 0 Å². The van der Waals surface area contributed by atoms with Crippen molar-refractivity contribution in [3.63, 3.8) is 0 Å². The highest BCUT2D eigenvalue weighted by Crippen LogP contribution is 2.53. The molecular formula is C27H30Cl2N2. The van der Waals surface area contributed by atoms with Crippen molar-refractivity contribution in [2.24, 2.45) is 23.7 Å². The fraction of sp³-hybridized carbons (Fsp3) is 0.481. The molecular weight excluding hydrogens is 423 g/mol. The maximum Gasteiger partial charge on any atom is 0.0493 e. The van der Waals surface area contributed by atoms with Crippen molar-refractivity contribution in [3.8, 4) is 0 Å². The van der Waals surface area contributed by atoms with Crippen molar-refractivity contribution in [2.45, 2.75) is 58.2 Å². The summed E-state index contributed by atoms with van der Waals surface area (Å²) in [5.41, 5.74) is 5.17. The van der Waals surface area contributed by atoms with E-state index in [0.717, 1.165) is 47.3 Å². The van der Waals surface area contributed by atoms with Crippen LogP contribution in [0.3, 0.4) is 0 Å². The zero-order valence-corrected chi connectivity index (χ0v) is 19.6. The Bertz CT molecular complexity index is 1100. The Hall–Kier alpha value is -1.48. The molecule has 162 valence electrons. The molecule has 2 aromatic carbocycles. The van der Waals surface area contributed by atoms with Crippen LogP contribution in [0.1, 0.15) is 48.9 Å². The van der Waals surface area contributed by atoms with E-state index in [1.165, 1.54) is 54.3 Å². The maximum absolute atomic E-state index is 6.51. The molecule has 0 saturated heterocycles. The zero-order chi connectivity index (χ0) is 21.1. The summed E-state index contributed by atoms with van der Waals surface area (Å²) in [6, 6.07) is 15.3. The summed E-state index contributed by atoms with van der Waals surface area (Å²) in [5, 5.41) is 6.83. The molecule has 0 aliphatic heterocycles. The van der Waals surface area contributed by atoms with Gasteiger partial charge in [0.25, 0.3) is 0 Å².